The Hall–Kier alpha value is -3.66. The average molecular weight is 333 g/mol. The number of nitrogen functional groups attached to an aromatic ring is 1. The van der Waals surface area contributed by atoms with Crippen LogP contribution in [0.5, 0.6) is 0 Å². The number of anilines is 1. The van der Waals surface area contributed by atoms with Crippen LogP contribution < -0.4 is 17.0 Å². The van der Waals surface area contributed by atoms with Gasteiger partial charge in [0, 0.05) is 19.7 Å². The standard InChI is InChI=1S/C18H15N5O2/c1-22-16-14(17(24)23(2)18(22)25)12(13(10-19)15(20)21-16)9-8-11-6-4-3-5-7-11/h3-9H,1-2H3,(H2,20,21)/b9-8+. The van der Waals surface area contributed by atoms with E-state index in [0.29, 0.717) is 5.56 Å². The van der Waals surface area contributed by atoms with E-state index < -0.39 is 11.2 Å². The van der Waals surface area contributed by atoms with E-state index in [1.165, 1.54) is 18.7 Å². The van der Waals surface area contributed by atoms with Crippen LogP contribution in [-0.2, 0) is 14.1 Å². The van der Waals surface area contributed by atoms with Crippen molar-refractivity contribution < 1.29 is 0 Å². The van der Waals surface area contributed by atoms with Crippen molar-refractivity contribution in [1.82, 2.24) is 14.1 Å². The number of fused-ring (bicyclic) bond motifs is 1. The molecule has 7 nitrogen and oxygen atoms in total. The fraction of sp³-hybridized carbons (Fsp3) is 0.111. The lowest BCUT2D eigenvalue weighted by Gasteiger charge is -2.11. The third kappa shape index (κ3) is 2.60. The Morgan fingerprint density at radius 1 is 1.12 bits per heavy atom. The van der Waals surface area contributed by atoms with E-state index >= 15 is 0 Å². The van der Waals surface area contributed by atoms with Crippen molar-refractivity contribution in [3.05, 3.63) is 67.9 Å². The second-order valence-corrected chi connectivity index (χ2v) is 5.55. The average Bonchev–Trinajstić information content (AvgIpc) is 2.63. The van der Waals surface area contributed by atoms with Crippen LogP contribution in [-0.4, -0.2) is 14.1 Å². The SMILES string of the molecule is Cn1c(=O)c2c(/C=C/c3ccccc3)c(C#N)c(N)nc2n(C)c1=O. The molecule has 3 rings (SSSR count). The molecule has 0 aliphatic heterocycles. The van der Waals surface area contributed by atoms with Crippen molar-refractivity contribution in [2.24, 2.45) is 14.1 Å². The summed E-state index contributed by atoms with van der Waals surface area (Å²) in [4.78, 5) is 28.9. The van der Waals surface area contributed by atoms with Crippen molar-refractivity contribution in [2.75, 3.05) is 5.73 Å². The zero-order chi connectivity index (χ0) is 18.1. The lowest BCUT2D eigenvalue weighted by molar-refractivity contribution is 0.707. The Morgan fingerprint density at radius 3 is 2.44 bits per heavy atom. The number of aromatic nitrogens is 3. The summed E-state index contributed by atoms with van der Waals surface area (Å²) in [7, 11) is 2.89. The molecule has 0 fully saturated rings. The number of nitriles is 1. The van der Waals surface area contributed by atoms with Gasteiger partial charge in [-0.2, -0.15) is 5.26 Å². The van der Waals surface area contributed by atoms with Gasteiger partial charge in [0.25, 0.3) is 5.56 Å². The Morgan fingerprint density at radius 2 is 1.80 bits per heavy atom. The summed E-state index contributed by atoms with van der Waals surface area (Å²) in [6, 6.07) is 11.4. The molecule has 0 unspecified atom stereocenters. The highest BCUT2D eigenvalue weighted by molar-refractivity contribution is 5.93. The first-order valence-electron chi connectivity index (χ1n) is 7.48. The first-order valence-corrected chi connectivity index (χ1v) is 7.48. The number of nitrogens with zero attached hydrogens (tertiary/aromatic N) is 4. The maximum atomic E-state index is 12.6. The first kappa shape index (κ1) is 16.2. The maximum Gasteiger partial charge on any atom is 0.332 e. The number of hydrogen-bond acceptors (Lipinski definition) is 5. The number of aryl methyl sites for hydroxylation is 1. The molecular formula is C18H15N5O2. The molecule has 0 spiro atoms. The molecule has 2 heterocycles. The quantitative estimate of drug-likeness (QED) is 0.759. The highest BCUT2D eigenvalue weighted by Crippen LogP contribution is 2.23. The Balaban J connectivity index is 2.44. The van der Waals surface area contributed by atoms with E-state index in [-0.39, 0.29) is 22.4 Å². The number of hydrogen-bond donors (Lipinski definition) is 1. The van der Waals surface area contributed by atoms with Gasteiger partial charge >= 0.3 is 5.69 Å². The van der Waals surface area contributed by atoms with Crippen LogP contribution in [0.4, 0.5) is 5.82 Å². The molecule has 25 heavy (non-hydrogen) atoms. The van der Waals surface area contributed by atoms with E-state index in [1.54, 1.807) is 12.2 Å². The molecule has 1 aromatic carbocycles. The highest BCUT2D eigenvalue weighted by atomic mass is 16.2. The van der Waals surface area contributed by atoms with Gasteiger partial charge < -0.3 is 5.73 Å². The number of pyridine rings is 1. The maximum absolute atomic E-state index is 12.6. The number of rotatable bonds is 2. The van der Waals surface area contributed by atoms with Gasteiger partial charge in [-0.1, -0.05) is 42.5 Å². The molecular weight excluding hydrogens is 318 g/mol. The second-order valence-electron chi connectivity index (χ2n) is 5.55. The molecule has 7 heteroatoms. The van der Waals surface area contributed by atoms with Crippen LogP contribution in [0.3, 0.4) is 0 Å². The Labute approximate surface area is 142 Å². The highest BCUT2D eigenvalue weighted by Gasteiger charge is 2.18. The topological polar surface area (TPSA) is 107 Å². The summed E-state index contributed by atoms with van der Waals surface area (Å²) >= 11 is 0. The van der Waals surface area contributed by atoms with Crippen LogP contribution in [0.1, 0.15) is 16.7 Å². The predicted molar refractivity (Wildman–Crippen MR) is 96.7 cm³/mol. The molecule has 2 N–H and O–H groups in total. The van der Waals surface area contributed by atoms with E-state index in [0.717, 1.165) is 10.1 Å². The van der Waals surface area contributed by atoms with Gasteiger partial charge in [-0.25, -0.2) is 9.78 Å². The van der Waals surface area contributed by atoms with Gasteiger partial charge in [0.05, 0.1) is 5.39 Å². The molecule has 3 aromatic rings. The van der Waals surface area contributed by atoms with Gasteiger partial charge in [0.2, 0.25) is 0 Å². The molecule has 0 saturated heterocycles. The molecule has 0 aliphatic rings. The van der Waals surface area contributed by atoms with Crippen LogP contribution in [0.25, 0.3) is 23.2 Å². The van der Waals surface area contributed by atoms with Crippen molar-refractivity contribution in [1.29, 1.82) is 5.26 Å². The summed E-state index contributed by atoms with van der Waals surface area (Å²) in [5, 5.41) is 9.64. The predicted octanol–water partition coefficient (Wildman–Crippen LogP) is 1.26. The summed E-state index contributed by atoms with van der Waals surface area (Å²) in [6.07, 6.45) is 3.43. The molecule has 2 aromatic heterocycles. The fourth-order valence-electron chi connectivity index (χ4n) is 2.66. The molecule has 0 saturated carbocycles. The zero-order valence-electron chi connectivity index (χ0n) is 13.7. The number of benzene rings is 1. The van der Waals surface area contributed by atoms with Crippen LogP contribution in [0, 0.1) is 11.3 Å². The normalized spacial score (nSPS) is 11.1. The minimum absolute atomic E-state index is 0.0223. The molecule has 0 atom stereocenters. The van der Waals surface area contributed by atoms with E-state index in [9.17, 15) is 14.9 Å². The lowest BCUT2D eigenvalue weighted by atomic mass is 10.0. The van der Waals surface area contributed by atoms with Gasteiger partial charge in [-0.05, 0) is 5.56 Å². The van der Waals surface area contributed by atoms with Crippen molar-refractivity contribution in [3.8, 4) is 6.07 Å². The molecule has 0 bridgehead atoms. The second kappa shape index (κ2) is 6.09. The van der Waals surface area contributed by atoms with Gasteiger partial charge in [-0.15, -0.1) is 0 Å². The third-order valence-electron chi connectivity index (χ3n) is 4.01. The summed E-state index contributed by atoms with van der Waals surface area (Å²) < 4.78 is 2.23. The summed E-state index contributed by atoms with van der Waals surface area (Å²) in [6.45, 7) is 0. The Kier molecular flexibility index (Phi) is 3.95. The van der Waals surface area contributed by atoms with E-state index in [2.05, 4.69) is 4.98 Å². The van der Waals surface area contributed by atoms with Gasteiger partial charge in [-0.3, -0.25) is 13.9 Å². The molecule has 0 radical (unpaired) electrons. The lowest BCUT2D eigenvalue weighted by Crippen LogP contribution is -2.37. The zero-order valence-corrected chi connectivity index (χ0v) is 13.7. The largest absolute Gasteiger partial charge is 0.383 e. The first-order chi connectivity index (χ1) is 12.0. The van der Waals surface area contributed by atoms with E-state index in [4.69, 9.17) is 5.73 Å². The number of nitrogens with two attached hydrogens (primary N) is 1. The van der Waals surface area contributed by atoms with Crippen LogP contribution in [0.15, 0.2) is 39.9 Å². The van der Waals surface area contributed by atoms with Crippen molar-refractivity contribution in [2.45, 2.75) is 0 Å². The Bertz CT molecular complexity index is 1160. The fourth-order valence-corrected chi connectivity index (χ4v) is 2.66. The van der Waals surface area contributed by atoms with Crippen LogP contribution in [0.2, 0.25) is 0 Å². The molecule has 0 aliphatic carbocycles. The summed E-state index contributed by atoms with van der Waals surface area (Å²) in [5.74, 6) is -0.0223. The van der Waals surface area contributed by atoms with Gasteiger partial charge in [0.1, 0.15) is 17.5 Å². The minimum Gasteiger partial charge on any atom is -0.383 e. The van der Waals surface area contributed by atoms with Crippen LogP contribution >= 0.6 is 0 Å². The van der Waals surface area contributed by atoms with Crippen molar-refractivity contribution >= 4 is 29.0 Å². The van der Waals surface area contributed by atoms with Crippen molar-refractivity contribution in [3.63, 3.8) is 0 Å². The molecule has 0 amide bonds. The molecule has 124 valence electrons. The minimum atomic E-state index is -0.519. The smallest absolute Gasteiger partial charge is 0.332 e. The monoisotopic (exact) mass is 333 g/mol. The third-order valence-corrected chi connectivity index (χ3v) is 4.01. The van der Waals surface area contributed by atoms with E-state index in [1.807, 2.05) is 36.4 Å². The summed E-state index contributed by atoms with van der Waals surface area (Å²) in [5.41, 5.74) is 6.36. The van der Waals surface area contributed by atoms with Gasteiger partial charge in [0.15, 0.2) is 5.65 Å².